The van der Waals surface area contributed by atoms with E-state index in [0.29, 0.717) is 17.1 Å². The van der Waals surface area contributed by atoms with Crippen molar-refractivity contribution in [3.05, 3.63) is 33.8 Å². The highest BCUT2D eigenvalue weighted by Gasteiger charge is 2.48. The maximum atomic E-state index is 12.8. The van der Waals surface area contributed by atoms with Crippen molar-refractivity contribution in [2.45, 2.75) is 19.0 Å². The van der Waals surface area contributed by atoms with Gasteiger partial charge in [-0.2, -0.15) is 0 Å². The molecule has 2 heterocycles. The normalized spacial score (nSPS) is 25.5. The first kappa shape index (κ1) is 17.5. The zero-order valence-corrected chi connectivity index (χ0v) is 15.2. The number of piperazine rings is 1. The van der Waals surface area contributed by atoms with Crippen LogP contribution in [-0.4, -0.2) is 66.7 Å². The van der Waals surface area contributed by atoms with Crippen molar-refractivity contribution in [3.63, 3.8) is 0 Å². The molecule has 2 amide bonds. The summed E-state index contributed by atoms with van der Waals surface area (Å²) < 4.78 is 24.1. The fraction of sp³-hybridized carbons (Fsp3) is 0.467. The van der Waals surface area contributed by atoms with Gasteiger partial charge in [-0.15, -0.1) is 0 Å². The van der Waals surface area contributed by atoms with Gasteiger partial charge in [0.25, 0.3) is 5.91 Å². The van der Waals surface area contributed by atoms with Crippen LogP contribution in [0.2, 0.25) is 10.0 Å². The fourth-order valence-electron chi connectivity index (χ4n) is 3.39. The second-order valence-electron chi connectivity index (χ2n) is 6.05. The van der Waals surface area contributed by atoms with Crippen LogP contribution in [0.5, 0.6) is 0 Å². The van der Waals surface area contributed by atoms with Crippen molar-refractivity contribution in [3.8, 4) is 0 Å². The summed E-state index contributed by atoms with van der Waals surface area (Å²) in [7, 11) is -3.29. The van der Waals surface area contributed by atoms with Crippen LogP contribution in [0, 0.1) is 0 Å². The van der Waals surface area contributed by atoms with E-state index in [1.165, 1.54) is 24.0 Å². The van der Waals surface area contributed by atoms with Crippen molar-refractivity contribution >= 4 is 44.9 Å². The number of hydrogen-bond acceptors (Lipinski definition) is 4. The number of fused-ring (bicyclic) bond motifs is 1. The largest absolute Gasteiger partial charge is 0.335 e. The van der Waals surface area contributed by atoms with Gasteiger partial charge in [0.05, 0.1) is 33.6 Å². The number of benzene rings is 1. The van der Waals surface area contributed by atoms with E-state index in [0.717, 1.165) is 0 Å². The Morgan fingerprint density at radius 2 is 1.62 bits per heavy atom. The molecule has 2 fully saturated rings. The number of hydrogen-bond donors (Lipinski definition) is 0. The third-order valence-electron chi connectivity index (χ3n) is 4.51. The number of rotatable bonds is 1. The maximum Gasteiger partial charge on any atom is 0.254 e. The molecule has 24 heavy (non-hydrogen) atoms. The Bertz CT molecular complexity index is 812. The number of halogens is 2. The minimum Gasteiger partial charge on any atom is -0.335 e. The number of carbonyl (C=O) groups excluding carboxylic acids is 2. The number of amides is 2. The van der Waals surface area contributed by atoms with Crippen molar-refractivity contribution in [1.82, 2.24) is 9.80 Å². The second kappa shape index (κ2) is 6.20. The third-order valence-corrected chi connectivity index (χ3v) is 6.95. The Labute approximate surface area is 150 Å². The predicted octanol–water partition coefficient (Wildman–Crippen LogP) is 1.46. The summed E-state index contributed by atoms with van der Waals surface area (Å²) >= 11 is 11.8. The van der Waals surface area contributed by atoms with Crippen LogP contribution in [0.15, 0.2) is 18.2 Å². The molecular weight excluding hydrogens is 375 g/mol. The van der Waals surface area contributed by atoms with Gasteiger partial charge in [0, 0.05) is 25.6 Å². The van der Waals surface area contributed by atoms with Crippen LogP contribution in [0.3, 0.4) is 0 Å². The molecule has 0 bridgehead atoms. The van der Waals surface area contributed by atoms with E-state index in [1.807, 2.05) is 0 Å². The first-order valence-corrected chi connectivity index (χ1v) is 10.0. The van der Waals surface area contributed by atoms with E-state index in [1.54, 1.807) is 11.0 Å². The molecule has 0 saturated carbocycles. The average molecular weight is 391 g/mol. The molecule has 130 valence electrons. The molecule has 2 unspecified atom stereocenters. The summed E-state index contributed by atoms with van der Waals surface area (Å²) in [6, 6.07) is 3.54. The van der Waals surface area contributed by atoms with E-state index in [2.05, 4.69) is 0 Å². The highest BCUT2D eigenvalue weighted by atomic mass is 35.5. The van der Waals surface area contributed by atoms with Gasteiger partial charge in [0.15, 0.2) is 9.84 Å². The maximum absolute atomic E-state index is 12.8. The van der Waals surface area contributed by atoms with Gasteiger partial charge in [-0.1, -0.05) is 23.2 Å². The summed E-state index contributed by atoms with van der Waals surface area (Å²) in [5.74, 6) is -0.718. The lowest BCUT2D eigenvalue weighted by Gasteiger charge is -2.43. The molecule has 9 heteroatoms. The smallest absolute Gasteiger partial charge is 0.254 e. The van der Waals surface area contributed by atoms with E-state index in [9.17, 15) is 18.0 Å². The van der Waals surface area contributed by atoms with E-state index in [4.69, 9.17) is 23.2 Å². The molecule has 0 spiro atoms. The molecule has 1 aromatic carbocycles. The minimum atomic E-state index is -3.29. The first-order valence-electron chi connectivity index (χ1n) is 7.43. The van der Waals surface area contributed by atoms with Crippen LogP contribution < -0.4 is 0 Å². The van der Waals surface area contributed by atoms with Crippen LogP contribution in [-0.2, 0) is 14.6 Å². The molecule has 1 aromatic rings. The molecule has 3 rings (SSSR count). The second-order valence-corrected chi connectivity index (χ2v) is 9.02. The summed E-state index contributed by atoms with van der Waals surface area (Å²) in [4.78, 5) is 27.7. The lowest BCUT2D eigenvalue weighted by atomic mass is 10.0. The van der Waals surface area contributed by atoms with Gasteiger partial charge < -0.3 is 9.80 Å². The monoisotopic (exact) mass is 390 g/mol. The van der Waals surface area contributed by atoms with Gasteiger partial charge in [-0.05, 0) is 18.2 Å². The summed E-state index contributed by atoms with van der Waals surface area (Å²) in [5.41, 5.74) is 0.351. The number of nitrogens with zero attached hydrogens (tertiary/aromatic N) is 2. The van der Waals surface area contributed by atoms with E-state index in [-0.39, 0.29) is 34.9 Å². The van der Waals surface area contributed by atoms with Gasteiger partial charge in [0.1, 0.15) is 0 Å². The SMILES string of the molecule is CC(=O)N1CCN(C(=O)c2ccc(Cl)c(Cl)c2)C2CS(=O)(=O)CC21. The Hall–Kier alpha value is -1.31. The van der Waals surface area contributed by atoms with Gasteiger partial charge in [-0.25, -0.2) is 8.42 Å². The molecule has 0 aliphatic carbocycles. The predicted molar refractivity (Wildman–Crippen MR) is 91.1 cm³/mol. The lowest BCUT2D eigenvalue weighted by Crippen LogP contribution is -2.61. The molecule has 0 N–H and O–H groups in total. The van der Waals surface area contributed by atoms with Crippen LogP contribution in [0.1, 0.15) is 17.3 Å². The lowest BCUT2D eigenvalue weighted by molar-refractivity contribution is -0.133. The summed E-state index contributed by atoms with van der Waals surface area (Å²) in [6.07, 6.45) is 0. The molecule has 6 nitrogen and oxygen atoms in total. The Kier molecular flexibility index (Phi) is 4.53. The van der Waals surface area contributed by atoms with Crippen molar-refractivity contribution in [2.24, 2.45) is 0 Å². The fourth-order valence-corrected chi connectivity index (χ4v) is 5.67. The Morgan fingerprint density at radius 1 is 1.04 bits per heavy atom. The number of carbonyl (C=O) groups is 2. The van der Waals surface area contributed by atoms with Crippen molar-refractivity contribution in [1.29, 1.82) is 0 Å². The average Bonchev–Trinajstić information content (AvgIpc) is 2.82. The van der Waals surface area contributed by atoms with Gasteiger partial charge in [0.2, 0.25) is 5.91 Å². The molecule has 2 aliphatic heterocycles. The van der Waals surface area contributed by atoms with E-state index < -0.39 is 21.9 Å². The van der Waals surface area contributed by atoms with E-state index >= 15 is 0 Å². The Balaban J connectivity index is 1.92. The third kappa shape index (κ3) is 3.12. The topological polar surface area (TPSA) is 74.8 Å². The molecule has 2 atom stereocenters. The summed E-state index contributed by atoms with van der Waals surface area (Å²) in [6.45, 7) is 2.02. The Morgan fingerprint density at radius 3 is 2.21 bits per heavy atom. The molecule has 2 aliphatic rings. The van der Waals surface area contributed by atoms with Crippen molar-refractivity contribution in [2.75, 3.05) is 24.6 Å². The zero-order chi connectivity index (χ0) is 17.6. The molecule has 0 aromatic heterocycles. The van der Waals surface area contributed by atoms with Crippen molar-refractivity contribution < 1.29 is 18.0 Å². The molecule has 0 radical (unpaired) electrons. The molecular formula is C15H16Cl2N2O4S. The highest BCUT2D eigenvalue weighted by molar-refractivity contribution is 7.91. The van der Waals surface area contributed by atoms with Crippen LogP contribution in [0.25, 0.3) is 0 Å². The standard InChI is InChI=1S/C15H16Cl2N2O4S/c1-9(20)18-4-5-19(14-8-24(22,23)7-13(14)18)15(21)10-2-3-11(16)12(17)6-10/h2-3,6,13-14H,4-5,7-8H2,1H3. The van der Waals surface area contributed by atoms with Gasteiger partial charge >= 0.3 is 0 Å². The first-order chi connectivity index (χ1) is 11.2. The summed E-state index contributed by atoms with van der Waals surface area (Å²) in [5, 5.41) is 0.608. The quantitative estimate of drug-likeness (QED) is 0.727. The number of sulfone groups is 1. The zero-order valence-electron chi connectivity index (χ0n) is 12.9. The minimum absolute atomic E-state index is 0.109. The van der Waals surface area contributed by atoms with Crippen LogP contribution in [0.4, 0.5) is 0 Å². The highest BCUT2D eigenvalue weighted by Crippen LogP contribution is 2.29. The van der Waals surface area contributed by atoms with Crippen LogP contribution >= 0.6 is 23.2 Å². The van der Waals surface area contributed by atoms with Gasteiger partial charge in [-0.3, -0.25) is 9.59 Å². The molecule has 2 saturated heterocycles.